The number of carboxylic acid groups (broad SMARTS) is 1. The Balaban J connectivity index is 2.12. The van der Waals surface area contributed by atoms with Crippen LogP contribution in [0.1, 0.15) is 19.3 Å². The first kappa shape index (κ1) is 13.7. The van der Waals surface area contributed by atoms with Crippen molar-refractivity contribution in [2.45, 2.75) is 25.4 Å². The number of aliphatic carboxylic acids is 1. The fourth-order valence-corrected chi connectivity index (χ4v) is 2.14. The fraction of sp³-hybridized carbons (Fsp3) is 0.727. The molecule has 0 spiro atoms. The number of ether oxygens (including phenoxy) is 1. The normalized spacial score (nSPS) is 18.6. The van der Waals surface area contributed by atoms with Gasteiger partial charge in [-0.25, -0.2) is 0 Å². The van der Waals surface area contributed by atoms with Gasteiger partial charge in [0.15, 0.2) is 0 Å². The summed E-state index contributed by atoms with van der Waals surface area (Å²) in [6, 6.07) is 0. The van der Waals surface area contributed by atoms with Crippen LogP contribution >= 0.6 is 15.9 Å². The number of nitrogens with zero attached hydrogens (tertiary/aromatic N) is 1. The Bertz CT molecular complexity index is 250. The van der Waals surface area contributed by atoms with Gasteiger partial charge in [0, 0.05) is 24.1 Å². The first-order valence-corrected chi connectivity index (χ1v) is 6.26. The molecule has 1 rings (SSSR count). The molecule has 0 radical (unpaired) electrons. The van der Waals surface area contributed by atoms with Crippen LogP contribution in [0.5, 0.6) is 0 Å². The van der Waals surface area contributed by atoms with E-state index in [1.165, 1.54) is 0 Å². The third-order valence-electron chi connectivity index (χ3n) is 2.60. The molecule has 0 atom stereocenters. The van der Waals surface area contributed by atoms with Gasteiger partial charge in [-0.05, 0) is 12.8 Å². The van der Waals surface area contributed by atoms with Crippen LogP contribution < -0.4 is 0 Å². The van der Waals surface area contributed by atoms with E-state index in [4.69, 9.17) is 9.84 Å². The molecular weight excluding hydrogens is 274 g/mol. The van der Waals surface area contributed by atoms with Crippen LogP contribution in [0.25, 0.3) is 0 Å². The maximum Gasteiger partial charge on any atom is 0.305 e. The van der Waals surface area contributed by atoms with Crippen molar-refractivity contribution < 1.29 is 14.6 Å². The first-order valence-electron chi connectivity index (χ1n) is 5.47. The second kappa shape index (κ2) is 7.04. The molecule has 16 heavy (non-hydrogen) atoms. The lowest BCUT2D eigenvalue weighted by Gasteiger charge is -2.31. The molecule has 4 nitrogen and oxygen atoms in total. The summed E-state index contributed by atoms with van der Waals surface area (Å²) in [5.74, 6) is -0.798. The molecular formula is C11H18BrNO3. The van der Waals surface area contributed by atoms with Gasteiger partial charge in [-0.3, -0.25) is 9.69 Å². The highest BCUT2D eigenvalue weighted by Gasteiger charge is 2.19. The van der Waals surface area contributed by atoms with Gasteiger partial charge in [0.05, 0.1) is 19.1 Å². The molecule has 0 aliphatic carbocycles. The summed E-state index contributed by atoms with van der Waals surface area (Å²) in [5.41, 5.74) is 0. The Kier molecular flexibility index (Phi) is 6.01. The summed E-state index contributed by atoms with van der Waals surface area (Å²) in [6.45, 7) is 6.99. The van der Waals surface area contributed by atoms with E-state index in [9.17, 15) is 4.79 Å². The fourth-order valence-electron chi connectivity index (χ4n) is 1.79. The van der Waals surface area contributed by atoms with Gasteiger partial charge >= 0.3 is 5.97 Å². The molecule has 1 heterocycles. The highest BCUT2D eigenvalue weighted by Crippen LogP contribution is 2.16. The third-order valence-corrected chi connectivity index (χ3v) is 2.85. The number of halogens is 1. The summed E-state index contributed by atoms with van der Waals surface area (Å²) in [5, 5.41) is 8.48. The average Bonchev–Trinajstić information content (AvgIpc) is 2.19. The molecule has 0 bridgehead atoms. The molecule has 1 aliphatic rings. The number of rotatable bonds is 6. The van der Waals surface area contributed by atoms with E-state index in [-0.39, 0.29) is 12.5 Å². The Hall–Kier alpha value is -0.390. The van der Waals surface area contributed by atoms with E-state index in [1.54, 1.807) is 0 Å². The lowest BCUT2D eigenvalue weighted by atomic mass is 10.1. The largest absolute Gasteiger partial charge is 0.481 e. The Morgan fingerprint density at radius 2 is 2.12 bits per heavy atom. The smallest absolute Gasteiger partial charge is 0.305 e. The predicted octanol–water partition coefficient (Wildman–Crippen LogP) is 1.85. The molecule has 1 aliphatic heterocycles. The Morgan fingerprint density at radius 1 is 1.50 bits per heavy atom. The van der Waals surface area contributed by atoms with Crippen LogP contribution in [0.4, 0.5) is 0 Å². The predicted molar refractivity (Wildman–Crippen MR) is 65.7 cm³/mol. The molecule has 0 unspecified atom stereocenters. The minimum Gasteiger partial charge on any atom is -0.481 e. The molecule has 0 aromatic carbocycles. The molecule has 1 N–H and O–H groups in total. The van der Waals surface area contributed by atoms with Crippen molar-refractivity contribution in [3.63, 3.8) is 0 Å². The second-order valence-electron chi connectivity index (χ2n) is 4.01. The van der Waals surface area contributed by atoms with Crippen LogP contribution in [0.15, 0.2) is 11.1 Å². The highest BCUT2D eigenvalue weighted by atomic mass is 79.9. The first-order chi connectivity index (χ1) is 7.58. The molecule has 1 saturated heterocycles. The van der Waals surface area contributed by atoms with E-state index in [1.807, 2.05) is 0 Å². The molecule has 0 aromatic rings. The van der Waals surface area contributed by atoms with Crippen molar-refractivity contribution in [1.29, 1.82) is 0 Å². The van der Waals surface area contributed by atoms with Crippen molar-refractivity contribution in [2.75, 3.05) is 26.2 Å². The zero-order valence-electron chi connectivity index (χ0n) is 9.32. The van der Waals surface area contributed by atoms with Gasteiger partial charge < -0.3 is 9.84 Å². The maximum atomic E-state index is 10.3. The second-order valence-corrected chi connectivity index (χ2v) is 5.13. The van der Waals surface area contributed by atoms with E-state index in [2.05, 4.69) is 27.4 Å². The van der Waals surface area contributed by atoms with E-state index in [0.717, 1.165) is 37.0 Å². The molecule has 5 heteroatoms. The Morgan fingerprint density at radius 3 is 2.62 bits per heavy atom. The molecule has 1 fully saturated rings. The maximum absolute atomic E-state index is 10.3. The van der Waals surface area contributed by atoms with Crippen LogP contribution in [0.2, 0.25) is 0 Å². The number of piperidine rings is 1. The van der Waals surface area contributed by atoms with Gasteiger partial charge in [0.1, 0.15) is 0 Å². The van der Waals surface area contributed by atoms with E-state index >= 15 is 0 Å². The van der Waals surface area contributed by atoms with Gasteiger partial charge in [0.2, 0.25) is 0 Å². The van der Waals surface area contributed by atoms with Crippen molar-refractivity contribution in [2.24, 2.45) is 0 Å². The number of likely N-dealkylation sites (tertiary alicyclic amines) is 1. The zero-order chi connectivity index (χ0) is 12.0. The zero-order valence-corrected chi connectivity index (χ0v) is 10.9. The van der Waals surface area contributed by atoms with Crippen molar-refractivity contribution in [3.8, 4) is 0 Å². The number of carboxylic acids is 1. The summed E-state index contributed by atoms with van der Waals surface area (Å²) in [6.07, 6.45) is 2.26. The summed E-state index contributed by atoms with van der Waals surface area (Å²) < 4.78 is 6.50. The third kappa shape index (κ3) is 5.63. The number of hydrogen-bond donors (Lipinski definition) is 1. The van der Waals surface area contributed by atoms with Crippen molar-refractivity contribution in [1.82, 2.24) is 4.90 Å². The monoisotopic (exact) mass is 291 g/mol. The van der Waals surface area contributed by atoms with Crippen LogP contribution in [-0.2, 0) is 9.53 Å². The lowest BCUT2D eigenvalue weighted by Crippen LogP contribution is -2.37. The molecule has 0 saturated carbocycles. The standard InChI is InChI=1S/C11H18BrNO3/c1-9(12)8-13-5-2-10(3-6-13)16-7-4-11(14)15/h10H,1-8H2,(H,14,15). The SMILES string of the molecule is C=C(Br)CN1CCC(OCCC(=O)O)CC1. The van der Waals surface area contributed by atoms with Gasteiger partial charge in [-0.1, -0.05) is 22.5 Å². The van der Waals surface area contributed by atoms with Gasteiger partial charge in [0.25, 0.3) is 0 Å². The Labute approximate surface area is 104 Å². The van der Waals surface area contributed by atoms with Crippen LogP contribution in [0.3, 0.4) is 0 Å². The van der Waals surface area contributed by atoms with Crippen molar-refractivity contribution >= 4 is 21.9 Å². The highest BCUT2D eigenvalue weighted by molar-refractivity contribution is 9.11. The summed E-state index contributed by atoms with van der Waals surface area (Å²) >= 11 is 3.35. The molecule has 0 amide bonds. The number of carbonyl (C=O) groups is 1. The molecule has 0 aromatic heterocycles. The minimum absolute atomic E-state index is 0.0957. The van der Waals surface area contributed by atoms with E-state index < -0.39 is 5.97 Å². The summed E-state index contributed by atoms with van der Waals surface area (Å²) in [4.78, 5) is 12.6. The van der Waals surface area contributed by atoms with Crippen molar-refractivity contribution in [3.05, 3.63) is 11.1 Å². The number of hydrogen-bond acceptors (Lipinski definition) is 3. The lowest BCUT2D eigenvalue weighted by molar-refractivity contribution is -0.138. The van der Waals surface area contributed by atoms with Gasteiger partial charge in [-0.2, -0.15) is 0 Å². The van der Waals surface area contributed by atoms with E-state index in [0.29, 0.717) is 6.61 Å². The van der Waals surface area contributed by atoms with Crippen LogP contribution in [-0.4, -0.2) is 48.3 Å². The average molecular weight is 292 g/mol. The molecule has 92 valence electrons. The van der Waals surface area contributed by atoms with Crippen LogP contribution in [0, 0.1) is 0 Å². The summed E-state index contributed by atoms with van der Waals surface area (Å²) in [7, 11) is 0. The quantitative estimate of drug-likeness (QED) is 0.811. The van der Waals surface area contributed by atoms with Gasteiger partial charge in [-0.15, -0.1) is 0 Å². The minimum atomic E-state index is -0.798. The topological polar surface area (TPSA) is 49.8 Å².